The molecule has 1 rings (SSSR count). The molecule has 0 saturated heterocycles. The van der Waals surface area contributed by atoms with Crippen molar-refractivity contribution in [3.8, 4) is 0 Å². The third kappa shape index (κ3) is 4.30. The Balaban J connectivity index is 2.75. The molecule has 18 heavy (non-hydrogen) atoms. The number of aromatic nitrogens is 1. The van der Waals surface area contributed by atoms with Crippen LogP contribution in [-0.4, -0.2) is 24.1 Å². The van der Waals surface area contributed by atoms with E-state index in [1.807, 2.05) is 6.20 Å². The predicted octanol–water partition coefficient (Wildman–Crippen LogP) is 3.06. The number of nitrogens with zero attached hydrogens (tertiary/aromatic N) is 2. The lowest BCUT2D eigenvalue weighted by Crippen LogP contribution is -2.33. The summed E-state index contributed by atoms with van der Waals surface area (Å²) < 4.78 is 0. The van der Waals surface area contributed by atoms with Crippen LogP contribution in [0.1, 0.15) is 40.3 Å². The van der Waals surface area contributed by atoms with E-state index < -0.39 is 0 Å². The van der Waals surface area contributed by atoms with Gasteiger partial charge in [-0.2, -0.15) is 0 Å². The lowest BCUT2D eigenvalue weighted by Gasteiger charge is -2.30. The highest BCUT2D eigenvalue weighted by atomic mass is 15.1. The fraction of sp³-hybridized carbons (Fsp3) is 0.667. The minimum absolute atomic E-state index is 0.489. The third-order valence-corrected chi connectivity index (χ3v) is 3.47. The first-order valence-corrected chi connectivity index (χ1v) is 6.83. The summed E-state index contributed by atoms with van der Waals surface area (Å²) >= 11 is 0. The lowest BCUT2D eigenvalue weighted by molar-refractivity contribution is 0.505. The van der Waals surface area contributed by atoms with Crippen LogP contribution in [0.2, 0.25) is 0 Å². The lowest BCUT2D eigenvalue weighted by atomic mass is 10.0. The summed E-state index contributed by atoms with van der Waals surface area (Å²) in [7, 11) is 2.15. The Labute approximate surface area is 112 Å². The molecule has 0 amide bonds. The van der Waals surface area contributed by atoms with Crippen LogP contribution in [0, 0.1) is 5.92 Å². The number of pyridine rings is 1. The molecule has 1 atom stereocenters. The van der Waals surface area contributed by atoms with Gasteiger partial charge < -0.3 is 10.2 Å². The molecule has 102 valence electrons. The van der Waals surface area contributed by atoms with E-state index in [9.17, 15) is 0 Å². The summed E-state index contributed by atoms with van der Waals surface area (Å²) in [5.41, 5.74) is 2.34. The minimum Gasteiger partial charge on any atom is -0.372 e. The van der Waals surface area contributed by atoms with Crippen LogP contribution in [0.3, 0.4) is 0 Å². The van der Waals surface area contributed by atoms with Gasteiger partial charge in [0.25, 0.3) is 0 Å². The van der Waals surface area contributed by atoms with Gasteiger partial charge in [0.15, 0.2) is 0 Å². The molecule has 1 aromatic heterocycles. The first kappa shape index (κ1) is 15.0. The second-order valence-corrected chi connectivity index (χ2v) is 5.64. The van der Waals surface area contributed by atoms with Crippen LogP contribution in [-0.2, 0) is 6.54 Å². The number of hydrogen-bond donors (Lipinski definition) is 1. The molecule has 1 aromatic rings. The SMILES string of the molecule is CC(C)NCc1cc(N(C)C(C)C(C)C)ccn1. The zero-order chi connectivity index (χ0) is 13.7. The Morgan fingerprint density at radius 3 is 2.44 bits per heavy atom. The van der Waals surface area contributed by atoms with Crippen LogP contribution in [0.15, 0.2) is 18.3 Å². The summed E-state index contributed by atoms with van der Waals surface area (Å²) in [5, 5.41) is 3.40. The molecule has 0 aromatic carbocycles. The molecular weight excluding hydrogens is 222 g/mol. The average molecular weight is 249 g/mol. The van der Waals surface area contributed by atoms with E-state index in [1.165, 1.54) is 5.69 Å². The summed E-state index contributed by atoms with van der Waals surface area (Å²) in [6, 6.07) is 5.27. The van der Waals surface area contributed by atoms with Crippen LogP contribution in [0.25, 0.3) is 0 Å². The van der Waals surface area contributed by atoms with Gasteiger partial charge >= 0.3 is 0 Å². The molecule has 0 aliphatic carbocycles. The summed E-state index contributed by atoms with van der Waals surface area (Å²) in [6.07, 6.45) is 1.90. The van der Waals surface area contributed by atoms with E-state index in [4.69, 9.17) is 0 Å². The topological polar surface area (TPSA) is 28.2 Å². The molecule has 0 fully saturated rings. The third-order valence-electron chi connectivity index (χ3n) is 3.47. The molecule has 0 radical (unpaired) electrons. The Kier molecular flexibility index (Phi) is 5.60. The van der Waals surface area contributed by atoms with E-state index in [1.54, 1.807) is 0 Å². The van der Waals surface area contributed by atoms with Gasteiger partial charge in [-0.1, -0.05) is 27.7 Å². The van der Waals surface area contributed by atoms with Crippen molar-refractivity contribution >= 4 is 5.69 Å². The number of hydrogen-bond acceptors (Lipinski definition) is 3. The minimum atomic E-state index is 0.489. The van der Waals surface area contributed by atoms with E-state index in [0.29, 0.717) is 18.0 Å². The van der Waals surface area contributed by atoms with Gasteiger partial charge in [0.1, 0.15) is 0 Å². The normalized spacial score (nSPS) is 13.1. The maximum atomic E-state index is 4.41. The molecule has 1 N–H and O–H groups in total. The van der Waals surface area contributed by atoms with Crippen LogP contribution >= 0.6 is 0 Å². The van der Waals surface area contributed by atoms with Gasteiger partial charge in [-0.15, -0.1) is 0 Å². The standard InChI is InChI=1S/C15H27N3/c1-11(2)13(5)18(6)15-7-8-16-14(9-15)10-17-12(3)4/h7-9,11-13,17H,10H2,1-6H3. The zero-order valence-corrected chi connectivity index (χ0v) is 12.6. The Morgan fingerprint density at radius 2 is 1.89 bits per heavy atom. The number of rotatable bonds is 6. The number of anilines is 1. The van der Waals surface area contributed by atoms with Crippen molar-refractivity contribution in [1.29, 1.82) is 0 Å². The molecular formula is C15H27N3. The van der Waals surface area contributed by atoms with Gasteiger partial charge in [0.2, 0.25) is 0 Å². The van der Waals surface area contributed by atoms with Crippen molar-refractivity contribution in [3.05, 3.63) is 24.0 Å². The predicted molar refractivity (Wildman–Crippen MR) is 78.9 cm³/mol. The maximum Gasteiger partial charge on any atom is 0.0562 e. The molecule has 1 heterocycles. The van der Waals surface area contributed by atoms with Crippen molar-refractivity contribution in [2.45, 2.75) is 53.2 Å². The fourth-order valence-electron chi connectivity index (χ4n) is 1.77. The van der Waals surface area contributed by atoms with Gasteiger partial charge in [0.05, 0.1) is 5.69 Å². The Hall–Kier alpha value is -1.09. The molecule has 0 bridgehead atoms. The molecule has 0 aliphatic heterocycles. The highest BCUT2D eigenvalue weighted by molar-refractivity contribution is 5.46. The first-order chi connectivity index (χ1) is 8.41. The molecule has 0 aliphatic rings. The average Bonchev–Trinajstić information content (AvgIpc) is 2.34. The van der Waals surface area contributed by atoms with E-state index in [2.05, 4.69) is 69.0 Å². The van der Waals surface area contributed by atoms with E-state index in [-0.39, 0.29) is 0 Å². The Morgan fingerprint density at radius 1 is 1.22 bits per heavy atom. The molecule has 3 nitrogen and oxygen atoms in total. The van der Waals surface area contributed by atoms with E-state index >= 15 is 0 Å². The second kappa shape index (κ2) is 6.74. The van der Waals surface area contributed by atoms with Crippen molar-refractivity contribution in [2.24, 2.45) is 5.92 Å². The summed E-state index contributed by atoms with van der Waals surface area (Å²) in [4.78, 5) is 6.73. The van der Waals surface area contributed by atoms with E-state index in [0.717, 1.165) is 12.2 Å². The second-order valence-electron chi connectivity index (χ2n) is 5.64. The number of nitrogens with one attached hydrogen (secondary N) is 1. The molecule has 1 unspecified atom stereocenters. The van der Waals surface area contributed by atoms with Crippen LogP contribution in [0.4, 0.5) is 5.69 Å². The van der Waals surface area contributed by atoms with Crippen LogP contribution in [0.5, 0.6) is 0 Å². The van der Waals surface area contributed by atoms with Crippen molar-refractivity contribution in [1.82, 2.24) is 10.3 Å². The first-order valence-electron chi connectivity index (χ1n) is 6.83. The molecule has 0 spiro atoms. The quantitative estimate of drug-likeness (QED) is 0.840. The zero-order valence-electron chi connectivity index (χ0n) is 12.6. The summed E-state index contributed by atoms with van der Waals surface area (Å²) in [6.45, 7) is 11.9. The fourth-order valence-corrected chi connectivity index (χ4v) is 1.77. The highest BCUT2D eigenvalue weighted by Crippen LogP contribution is 2.19. The van der Waals surface area contributed by atoms with Crippen molar-refractivity contribution in [2.75, 3.05) is 11.9 Å². The maximum absolute atomic E-state index is 4.41. The smallest absolute Gasteiger partial charge is 0.0562 e. The molecule has 3 heteroatoms. The summed E-state index contributed by atoms with van der Waals surface area (Å²) in [5.74, 6) is 0.639. The monoisotopic (exact) mass is 249 g/mol. The van der Waals surface area contributed by atoms with Gasteiger partial charge in [-0.3, -0.25) is 4.98 Å². The Bertz CT molecular complexity index is 361. The van der Waals surface area contributed by atoms with Gasteiger partial charge in [0, 0.05) is 37.6 Å². The van der Waals surface area contributed by atoms with Crippen molar-refractivity contribution in [3.63, 3.8) is 0 Å². The van der Waals surface area contributed by atoms with Crippen molar-refractivity contribution < 1.29 is 0 Å². The highest BCUT2D eigenvalue weighted by Gasteiger charge is 2.14. The van der Waals surface area contributed by atoms with Gasteiger partial charge in [-0.25, -0.2) is 0 Å². The van der Waals surface area contributed by atoms with Crippen LogP contribution < -0.4 is 10.2 Å². The molecule has 0 saturated carbocycles. The van der Waals surface area contributed by atoms with Gasteiger partial charge in [-0.05, 0) is 25.0 Å². The largest absolute Gasteiger partial charge is 0.372 e.